The van der Waals surface area contributed by atoms with Gasteiger partial charge in [-0.25, -0.2) is 19.3 Å². The maximum atomic E-state index is 13.4. The second-order valence-electron chi connectivity index (χ2n) is 12.3. The standard InChI is InChI=1S/C35H44N6O4/c1-6-20-40-32(42)28-22-36-34(37-27-18-16-25(17-19-27)24-12-14-26(15-13-24)33(43)45-8-3)39-31(28)41(40)30-11-9-10-29(38-30)35(44,7-2)21-23(4)5/h6,9-11,16-19,22-24,26,44H,1,7-8,12-15,20-21H2,2-5H3,(H,36,37,39). The van der Waals surface area contributed by atoms with Gasteiger partial charge in [-0.05, 0) is 87.1 Å². The number of nitrogens with one attached hydrogen (secondary N) is 1. The Balaban J connectivity index is 1.42. The van der Waals surface area contributed by atoms with Crippen molar-refractivity contribution in [3.05, 3.63) is 82.9 Å². The van der Waals surface area contributed by atoms with Gasteiger partial charge in [-0.3, -0.25) is 9.59 Å². The summed E-state index contributed by atoms with van der Waals surface area (Å²) in [5.41, 5.74) is 1.67. The van der Waals surface area contributed by atoms with Crippen LogP contribution in [-0.4, -0.2) is 42.0 Å². The summed E-state index contributed by atoms with van der Waals surface area (Å²) >= 11 is 0. The molecule has 1 aromatic carbocycles. The van der Waals surface area contributed by atoms with Crippen LogP contribution < -0.4 is 10.9 Å². The smallest absolute Gasteiger partial charge is 0.308 e. The highest BCUT2D eigenvalue weighted by Gasteiger charge is 2.31. The van der Waals surface area contributed by atoms with Crippen LogP contribution in [0.3, 0.4) is 0 Å². The third kappa shape index (κ3) is 6.86. The van der Waals surface area contributed by atoms with Gasteiger partial charge in [0.1, 0.15) is 11.0 Å². The number of ether oxygens (including phenoxy) is 1. The maximum Gasteiger partial charge on any atom is 0.308 e. The molecular formula is C35H44N6O4. The molecule has 1 fully saturated rings. The van der Waals surface area contributed by atoms with Crippen LogP contribution in [0.1, 0.15) is 83.4 Å². The van der Waals surface area contributed by atoms with Crippen LogP contribution in [0.25, 0.3) is 16.9 Å². The van der Waals surface area contributed by atoms with E-state index in [-0.39, 0.29) is 29.9 Å². The molecule has 0 saturated heterocycles. The van der Waals surface area contributed by atoms with Crippen LogP contribution >= 0.6 is 0 Å². The molecule has 3 heterocycles. The minimum atomic E-state index is -1.09. The van der Waals surface area contributed by atoms with Crippen LogP contribution in [0.4, 0.5) is 11.6 Å². The van der Waals surface area contributed by atoms with E-state index >= 15 is 0 Å². The first kappa shape index (κ1) is 32.1. The van der Waals surface area contributed by atoms with E-state index < -0.39 is 5.60 Å². The van der Waals surface area contributed by atoms with Gasteiger partial charge >= 0.3 is 5.97 Å². The molecular weight excluding hydrogens is 568 g/mol. The van der Waals surface area contributed by atoms with Crippen molar-refractivity contribution in [3.63, 3.8) is 0 Å². The lowest BCUT2D eigenvalue weighted by atomic mass is 9.79. The second kappa shape index (κ2) is 13.8. The Bertz CT molecular complexity index is 1700. The van der Waals surface area contributed by atoms with Crippen molar-refractivity contribution < 1.29 is 14.6 Å². The molecule has 1 saturated carbocycles. The Kier molecular flexibility index (Phi) is 9.82. The molecule has 0 aliphatic heterocycles. The van der Waals surface area contributed by atoms with Crippen molar-refractivity contribution in [2.45, 2.75) is 84.3 Å². The van der Waals surface area contributed by atoms with Gasteiger partial charge in [0.25, 0.3) is 5.56 Å². The van der Waals surface area contributed by atoms with Gasteiger partial charge < -0.3 is 15.2 Å². The molecule has 2 N–H and O–H groups in total. The molecule has 1 aliphatic rings. The Hall–Kier alpha value is -4.31. The predicted molar refractivity (Wildman–Crippen MR) is 176 cm³/mol. The van der Waals surface area contributed by atoms with Crippen molar-refractivity contribution >= 4 is 28.6 Å². The quantitative estimate of drug-likeness (QED) is 0.139. The van der Waals surface area contributed by atoms with Crippen LogP contribution in [0, 0.1) is 11.8 Å². The molecule has 0 spiro atoms. The maximum absolute atomic E-state index is 13.4. The molecule has 0 radical (unpaired) electrons. The number of hydrogen-bond acceptors (Lipinski definition) is 8. The first-order chi connectivity index (χ1) is 21.7. The Labute approximate surface area is 264 Å². The zero-order valence-corrected chi connectivity index (χ0v) is 26.7. The number of esters is 1. The summed E-state index contributed by atoms with van der Waals surface area (Å²) in [6.45, 7) is 12.4. The monoisotopic (exact) mass is 612 g/mol. The molecule has 238 valence electrons. The topological polar surface area (TPSA) is 124 Å². The summed E-state index contributed by atoms with van der Waals surface area (Å²) in [7, 11) is 0. The number of allylic oxidation sites excluding steroid dienone is 1. The molecule has 3 aromatic heterocycles. The van der Waals surface area contributed by atoms with Gasteiger partial charge in [0.2, 0.25) is 5.95 Å². The zero-order valence-electron chi connectivity index (χ0n) is 26.7. The summed E-state index contributed by atoms with van der Waals surface area (Å²) in [4.78, 5) is 39.6. The van der Waals surface area contributed by atoms with Crippen LogP contribution in [0.2, 0.25) is 0 Å². The lowest BCUT2D eigenvalue weighted by Gasteiger charge is -2.28. The van der Waals surface area contributed by atoms with Gasteiger partial charge in [0, 0.05) is 11.9 Å². The van der Waals surface area contributed by atoms with Gasteiger partial charge in [-0.1, -0.05) is 45.0 Å². The number of carbonyl (C=O) groups excluding carboxylic acids is 1. The minimum absolute atomic E-state index is 0.00323. The number of aromatic nitrogens is 5. The van der Waals surface area contributed by atoms with E-state index in [1.165, 1.54) is 16.4 Å². The van der Waals surface area contributed by atoms with Crippen molar-refractivity contribution in [2.75, 3.05) is 11.9 Å². The van der Waals surface area contributed by atoms with E-state index in [0.29, 0.717) is 53.9 Å². The molecule has 1 unspecified atom stereocenters. The number of hydrogen-bond donors (Lipinski definition) is 2. The first-order valence-electron chi connectivity index (χ1n) is 16.0. The lowest BCUT2D eigenvalue weighted by Crippen LogP contribution is -2.29. The molecule has 10 heteroatoms. The molecule has 5 rings (SSSR count). The number of carbonyl (C=O) groups is 1. The van der Waals surface area contributed by atoms with Gasteiger partial charge in [0.05, 0.1) is 24.8 Å². The SMILES string of the molecule is C=CCn1c(=O)c2cnc(Nc3ccc(C4CCC(C(=O)OCC)CC4)cc3)nc2n1-c1cccc(C(O)(CC)CC(C)C)n1. The Morgan fingerprint density at radius 3 is 2.51 bits per heavy atom. The van der Waals surface area contributed by atoms with Crippen molar-refractivity contribution in [1.82, 2.24) is 24.3 Å². The average molecular weight is 613 g/mol. The van der Waals surface area contributed by atoms with E-state index in [4.69, 9.17) is 14.7 Å². The van der Waals surface area contributed by atoms with Crippen LogP contribution in [0.15, 0.2) is 66.1 Å². The molecule has 45 heavy (non-hydrogen) atoms. The largest absolute Gasteiger partial charge is 0.466 e. The van der Waals surface area contributed by atoms with Crippen LogP contribution in [-0.2, 0) is 21.7 Å². The van der Waals surface area contributed by atoms with Crippen molar-refractivity contribution in [1.29, 1.82) is 0 Å². The van der Waals surface area contributed by atoms with E-state index in [1.807, 2.05) is 44.2 Å². The van der Waals surface area contributed by atoms with Gasteiger partial charge in [-0.15, -0.1) is 6.58 Å². The number of rotatable bonds is 12. The van der Waals surface area contributed by atoms with Crippen molar-refractivity contribution in [3.8, 4) is 5.82 Å². The van der Waals surface area contributed by atoms with E-state index in [0.717, 1.165) is 31.4 Å². The van der Waals surface area contributed by atoms with Gasteiger partial charge in [-0.2, -0.15) is 4.98 Å². The highest BCUT2D eigenvalue weighted by Crippen LogP contribution is 2.37. The highest BCUT2D eigenvalue weighted by atomic mass is 16.5. The molecule has 1 aliphatic carbocycles. The molecule has 1 atom stereocenters. The number of benzene rings is 1. The van der Waals surface area contributed by atoms with Crippen LogP contribution in [0.5, 0.6) is 0 Å². The van der Waals surface area contributed by atoms with E-state index in [9.17, 15) is 14.7 Å². The fourth-order valence-corrected chi connectivity index (χ4v) is 6.40. The third-order valence-corrected chi connectivity index (χ3v) is 8.72. The average Bonchev–Trinajstić information content (AvgIpc) is 3.31. The first-order valence-corrected chi connectivity index (χ1v) is 16.0. The van der Waals surface area contributed by atoms with Gasteiger partial charge in [0.15, 0.2) is 11.5 Å². The number of fused-ring (bicyclic) bond motifs is 1. The highest BCUT2D eigenvalue weighted by molar-refractivity contribution is 5.77. The molecule has 0 amide bonds. The summed E-state index contributed by atoms with van der Waals surface area (Å²) in [6, 6.07) is 13.7. The number of anilines is 2. The number of pyridine rings is 1. The normalized spacial score (nSPS) is 18.1. The fourth-order valence-electron chi connectivity index (χ4n) is 6.40. The summed E-state index contributed by atoms with van der Waals surface area (Å²) in [5.74, 6) is 1.43. The molecule has 4 aromatic rings. The lowest BCUT2D eigenvalue weighted by molar-refractivity contribution is -0.149. The minimum Gasteiger partial charge on any atom is -0.466 e. The van der Waals surface area contributed by atoms with E-state index in [2.05, 4.69) is 42.9 Å². The molecule has 10 nitrogen and oxygen atoms in total. The van der Waals surface area contributed by atoms with Crippen molar-refractivity contribution in [2.24, 2.45) is 11.8 Å². The summed E-state index contributed by atoms with van der Waals surface area (Å²) < 4.78 is 8.42. The molecule has 0 bridgehead atoms. The zero-order chi connectivity index (χ0) is 32.1. The number of nitrogens with zero attached hydrogens (tertiary/aromatic N) is 5. The summed E-state index contributed by atoms with van der Waals surface area (Å²) in [6.07, 6.45) is 7.86. The predicted octanol–water partition coefficient (Wildman–Crippen LogP) is 6.39. The third-order valence-electron chi connectivity index (χ3n) is 8.72. The summed E-state index contributed by atoms with van der Waals surface area (Å²) in [5, 5.41) is 15.1. The fraction of sp³-hybridized carbons (Fsp3) is 0.457. The number of aliphatic hydroxyl groups is 1. The Morgan fingerprint density at radius 2 is 1.87 bits per heavy atom. The second-order valence-corrected chi connectivity index (χ2v) is 12.3. The van der Waals surface area contributed by atoms with E-state index in [1.54, 1.807) is 10.8 Å². The Morgan fingerprint density at radius 1 is 1.13 bits per heavy atom.